The maximum absolute atomic E-state index is 12.7. The Labute approximate surface area is 145 Å². The van der Waals surface area contributed by atoms with Gasteiger partial charge in [-0.3, -0.25) is 0 Å². The molecule has 0 aliphatic rings. The number of benzene rings is 1. The maximum atomic E-state index is 12.7. The molecule has 3 rings (SSSR count). The Morgan fingerprint density at radius 3 is 2.76 bits per heavy atom. The number of rotatable bonds is 6. The van der Waals surface area contributed by atoms with E-state index in [4.69, 9.17) is 4.52 Å². The van der Waals surface area contributed by atoms with Gasteiger partial charge in [-0.15, -0.1) is 0 Å². The van der Waals surface area contributed by atoms with Crippen LogP contribution in [0, 0.1) is 6.92 Å². The number of hydrogen-bond acceptors (Lipinski definition) is 6. The molecule has 3 aromatic rings. The minimum Gasteiger partial charge on any atom is -0.339 e. The average Bonchev–Trinajstić information content (AvgIpc) is 3.25. The number of sulfonamides is 1. The van der Waals surface area contributed by atoms with E-state index in [1.807, 2.05) is 19.9 Å². The normalized spacial score (nSPS) is 12.0. The molecule has 0 aliphatic carbocycles. The molecule has 8 nitrogen and oxygen atoms in total. The zero-order chi connectivity index (χ0) is 18.0. The van der Waals surface area contributed by atoms with E-state index < -0.39 is 10.0 Å². The lowest BCUT2D eigenvalue weighted by Crippen LogP contribution is -2.24. The second kappa shape index (κ2) is 6.77. The monoisotopic (exact) mass is 361 g/mol. The maximum Gasteiger partial charge on any atom is 0.241 e. The van der Waals surface area contributed by atoms with Crippen LogP contribution in [0.1, 0.15) is 37.0 Å². The van der Waals surface area contributed by atoms with Crippen molar-refractivity contribution >= 4 is 10.0 Å². The van der Waals surface area contributed by atoms with Gasteiger partial charge in [0.1, 0.15) is 0 Å². The summed E-state index contributed by atoms with van der Waals surface area (Å²) in [6.45, 7) is 5.55. The lowest BCUT2D eigenvalue weighted by molar-refractivity contribution is 0.360. The van der Waals surface area contributed by atoms with Gasteiger partial charge in [0.25, 0.3) is 0 Å². The fourth-order valence-electron chi connectivity index (χ4n) is 2.25. The topological polar surface area (TPSA) is 103 Å². The first-order valence-corrected chi connectivity index (χ1v) is 9.28. The van der Waals surface area contributed by atoms with Crippen LogP contribution in [-0.2, 0) is 16.6 Å². The first-order chi connectivity index (χ1) is 11.9. The molecule has 0 spiro atoms. The van der Waals surface area contributed by atoms with Crippen LogP contribution in [0.15, 0.2) is 46.1 Å². The smallest absolute Gasteiger partial charge is 0.241 e. The fourth-order valence-corrected chi connectivity index (χ4v) is 3.50. The van der Waals surface area contributed by atoms with Crippen LogP contribution in [0.2, 0.25) is 0 Å². The minimum atomic E-state index is -3.73. The first-order valence-electron chi connectivity index (χ1n) is 7.79. The van der Waals surface area contributed by atoms with Crippen molar-refractivity contribution < 1.29 is 12.9 Å². The van der Waals surface area contributed by atoms with Crippen molar-refractivity contribution in [3.8, 4) is 5.69 Å². The number of hydrogen-bond donors (Lipinski definition) is 1. The molecule has 0 amide bonds. The lowest BCUT2D eigenvalue weighted by atomic mass is 10.2. The summed E-state index contributed by atoms with van der Waals surface area (Å²) in [7, 11) is -3.73. The van der Waals surface area contributed by atoms with Crippen molar-refractivity contribution in [1.29, 1.82) is 0 Å². The summed E-state index contributed by atoms with van der Waals surface area (Å²) in [6, 6.07) is 6.92. The highest BCUT2D eigenvalue weighted by Gasteiger charge is 2.19. The van der Waals surface area contributed by atoms with E-state index in [9.17, 15) is 8.42 Å². The Morgan fingerprint density at radius 1 is 1.32 bits per heavy atom. The van der Waals surface area contributed by atoms with Crippen LogP contribution in [0.3, 0.4) is 0 Å². The van der Waals surface area contributed by atoms with Crippen LogP contribution < -0.4 is 4.72 Å². The van der Waals surface area contributed by atoms with E-state index in [1.54, 1.807) is 42.2 Å². The molecule has 2 aromatic heterocycles. The third-order valence-corrected chi connectivity index (χ3v) is 5.17. The Balaban J connectivity index is 1.82. The van der Waals surface area contributed by atoms with E-state index in [2.05, 4.69) is 20.0 Å². The van der Waals surface area contributed by atoms with Crippen LogP contribution in [0.5, 0.6) is 0 Å². The van der Waals surface area contributed by atoms with Gasteiger partial charge < -0.3 is 4.52 Å². The van der Waals surface area contributed by atoms with E-state index >= 15 is 0 Å². The molecule has 1 aromatic carbocycles. The molecule has 0 atom stereocenters. The quantitative estimate of drug-likeness (QED) is 0.722. The van der Waals surface area contributed by atoms with E-state index in [-0.39, 0.29) is 17.4 Å². The molecule has 9 heteroatoms. The third-order valence-electron chi connectivity index (χ3n) is 3.63. The van der Waals surface area contributed by atoms with Crippen molar-refractivity contribution in [2.45, 2.75) is 38.1 Å². The van der Waals surface area contributed by atoms with Crippen molar-refractivity contribution in [2.24, 2.45) is 0 Å². The zero-order valence-corrected chi connectivity index (χ0v) is 15.0. The average molecular weight is 361 g/mol. The van der Waals surface area contributed by atoms with Gasteiger partial charge in [-0.2, -0.15) is 10.1 Å². The van der Waals surface area contributed by atoms with Crippen molar-refractivity contribution in [1.82, 2.24) is 24.6 Å². The van der Waals surface area contributed by atoms with Gasteiger partial charge in [-0.25, -0.2) is 17.8 Å². The molecular formula is C16H19N5O3S. The van der Waals surface area contributed by atoms with Gasteiger partial charge in [-0.05, 0) is 30.7 Å². The number of aryl methyl sites for hydroxylation is 1. The molecule has 2 heterocycles. The molecule has 25 heavy (non-hydrogen) atoms. The summed E-state index contributed by atoms with van der Waals surface area (Å²) in [6.07, 6.45) is 3.39. The van der Waals surface area contributed by atoms with Crippen molar-refractivity contribution in [3.05, 3.63) is 53.9 Å². The Hall–Kier alpha value is -2.52. The Kier molecular flexibility index (Phi) is 4.69. The Bertz CT molecular complexity index is 962. The third kappa shape index (κ3) is 3.77. The summed E-state index contributed by atoms with van der Waals surface area (Å²) >= 11 is 0. The molecule has 0 saturated carbocycles. The molecule has 0 radical (unpaired) electrons. The Morgan fingerprint density at radius 2 is 2.12 bits per heavy atom. The summed E-state index contributed by atoms with van der Waals surface area (Å²) in [5.74, 6) is 0.866. The second-order valence-electron chi connectivity index (χ2n) is 5.93. The molecule has 0 bridgehead atoms. The molecule has 132 valence electrons. The van der Waals surface area contributed by atoms with Crippen LogP contribution in [0.4, 0.5) is 0 Å². The predicted octanol–water partition coefficient (Wildman–Crippen LogP) is 2.17. The van der Waals surface area contributed by atoms with Crippen molar-refractivity contribution in [3.63, 3.8) is 0 Å². The predicted molar refractivity (Wildman–Crippen MR) is 90.7 cm³/mol. The van der Waals surface area contributed by atoms with Crippen molar-refractivity contribution in [2.75, 3.05) is 0 Å². The molecule has 0 fully saturated rings. The SMILES string of the molecule is Cc1ccc(-n2cccn2)cc1S(=O)(=O)NCc1noc(C(C)C)n1. The first kappa shape index (κ1) is 17.3. The van der Waals surface area contributed by atoms with E-state index in [0.717, 1.165) is 0 Å². The van der Waals surface area contributed by atoms with Crippen LogP contribution in [-0.4, -0.2) is 28.3 Å². The largest absolute Gasteiger partial charge is 0.339 e. The highest BCUT2D eigenvalue weighted by atomic mass is 32.2. The summed E-state index contributed by atoms with van der Waals surface area (Å²) in [5, 5.41) is 7.91. The fraction of sp³-hybridized carbons (Fsp3) is 0.312. The zero-order valence-electron chi connectivity index (χ0n) is 14.2. The second-order valence-corrected chi connectivity index (χ2v) is 7.66. The summed E-state index contributed by atoms with van der Waals surface area (Å²) in [4.78, 5) is 4.36. The standard InChI is InChI=1S/C16H19N5O3S/c1-11(2)16-19-15(20-24-16)10-18-25(22,23)14-9-13(6-5-12(14)3)21-8-4-7-17-21/h4-9,11,18H,10H2,1-3H3. The van der Waals surface area contributed by atoms with Gasteiger partial charge in [0.05, 0.1) is 17.1 Å². The minimum absolute atomic E-state index is 0.0377. The van der Waals surface area contributed by atoms with Gasteiger partial charge >= 0.3 is 0 Å². The molecule has 0 aliphatic heterocycles. The number of nitrogens with one attached hydrogen (secondary N) is 1. The number of aromatic nitrogens is 4. The highest BCUT2D eigenvalue weighted by Crippen LogP contribution is 2.19. The molecular weight excluding hydrogens is 342 g/mol. The summed E-state index contributed by atoms with van der Waals surface area (Å²) < 4.78 is 34.5. The lowest BCUT2D eigenvalue weighted by Gasteiger charge is -2.10. The van der Waals surface area contributed by atoms with E-state index in [0.29, 0.717) is 23.0 Å². The molecule has 1 N–H and O–H groups in total. The number of nitrogens with zero attached hydrogens (tertiary/aromatic N) is 4. The van der Waals surface area contributed by atoms with Gasteiger partial charge in [0, 0.05) is 18.3 Å². The molecule has 0 saturated heterocycles. The van der Waals surface area contributed by atoms with Gasteiger partial charge in [0.15, 0.2) is 5.82 Å². The van der Waals surface area contributed by atoms with Gasteiger partial charge in [0.2, 0.25) is 15.9 Å². The van der Waals surface area contributed by atoms with Gasteiger partial charge in [-0.1, -0.05) is 25.1 Å². The van der Waals surface area contributed by atoms with E-state index in [1.165, 1.54) is 0 Å². The highest BCUT2D eigenvalue weighted by molar-refractivity contribution is 7.89. The summed E-state index contributed by atoms with van der Waals surface area (Å²) in [5.41, 5.74) is 1.30. The molecule has 0 unspecified atom stereocenters. The van der Waals surface area contributed by atoms with Crippen LogP contribution in [0.25, 0.3) is 5.69 Å². The van der Waals surface area contributed by atoms with Crippen LogP contribution >= 0.6 is 0 Å².